The molecule has 2 aromatic rings. The van der Waals surface area contributed by atoms with E-state index in [9.17, 15) is 9.50 Å². The summed E-state index contributed by atoms with van der Waals surface area (Å²) in [4.78, 5) is 0.642. The molecule has 0 fully saturated rings. The van der Waals surface area contributed by atoms with Gasteiger partial charge in [0.2, 0.25) is 0 Å². The van der Waals surface area contributed by atoms with Gasteiger partial charge in [0.25, 0.3) is 0 Å². The maximum atomic E-state index is 13.3. The Morgan fingerprint density at radius 1 is 1.29 bits per heavy atom. The fourth-order valence-corrected chi connectivity index (χ4v) is 3.21. The van der Waals surface area contributed by atoms with Gasteiger partial charge in [-0.3, -0.25) is 0 Å². The lowest BCUT2D eigenvalue weighted by Gasteiger charge is -2.09. The van der Waals surface area contributed by atoms with Crippen LogP contribution in [0.1, 0.15) is 16.5 Å². The second kappa shape index (κ2) is 5.24. The highest BCUT2D eigenvalue weighted by atomic mass is 79.9. The lowest BCUT2D eigenvalue weighted by atomic mass is 10.1. The largest absolute Gasteiger partial charge is 0.383 e. The van der Waals surface area contributed by atoms with E-state index < -0.39 is 11.9 Å². The van der Waals surface area contributed by atoms with Crippen LogP contribution in [0.25, 0.3) is 0 Å². The summed E-state index contributed by atoms with van der Waals surface area (Å²) in [7, 11) is 0. The standard InChI is InChI=1S/C11H6BrCl2FOS/c12-6-4-9(17-11(6)14)10(16)5-1-2-7(13)8(15)3-5/h1-4,10,16H. The fraction of sp³-hybridized carbons (Fsp3) is 0.0909. The van der Waals surface area contributed by atoms with Crippen LogP contribution in [0.15, 0.2) is 28.7 Å². The van der Waals surface area contributed by atoms with Crippen LogP contribution in [0.5, 0.6) is 0 Å². The van der Waals surface area contributed by atoms with Crippen molar-refractivity contribution in [3.8, 4) is 0 Å². The SMILES string of the molecule is OC(c1ccc(Cl)c(F)c1)c1cc(Br)c(Cl)s1. The van der Waals surface area contributed by atoms with Gasteiger partial charge in [-0.05, 0) is 39.7 Å². The van der Waals surface area contributed by atoms with Gasteiger partial charge in [0.1, 0.15) is 16.3 Å². The second-order valence-corrected chi connectivity index (χ2v) is 6.29. The minimum atomic E-state index is -0.907. The molecule has 1 nitrogen and oxygen atoms in total. The maximum absolute atomic E-state index is 13.3. The minimum Gasteiger partial charge on any atom is -0.383 e. The maximum Gasteiger partial charge on any atom is 0.142 e. The van der Waals surface area contributed by atoms with Crippen LogP contribution in [-0.2, 0) is 0 Å². The zero-order valence-corrected chi connectivity index (χ0v) is 12.2. The lowest BCUT2D eigenvalue weighted by Crippen LogP contribution is -1.97. The smallest absolute Gasteiger partial charge is 0.142 e. The van der Waals surface area contributed by atoms with E-state index >= 15 is 0 Å². The summed E-state index contributed by atoms with van der Waals surface area (Å²) in [5.74, 6) is -0.551. The number of hydrogen-bond donors (Lipinski definition) is 1. The third-order valence-electron chi connectivity index (χ3n) is 2.19. The molecule has 0 radical (unpaired) electrons. The molecule has 0 aliphatic heterocycles. The molecule has 0 spiro atoms. The first-order chi connectivity index (χ1) is 7.99. The molecule has 1 aromatic carbocycles. The molecule has 1 aromatic heterocycles. The number of aliphatic hydroxyl groups is 1. The Labute approximate surface area is 120 Å². The Kier molecular flexibility index (Phi) is 4.10. The van der Waals surface area contributed by atoms with Crippen molar-refractivity contribution in [2.45, 2.75) is 6.10 Å². The van der Waals surface area contributed by atoms with Gasteiger partial charge in [0.05, 0.1) is 5.02 Å². The van der Waals surface area contributed by atoms with Gasteiger partial charge in [-0.25, -0.2) is 4.39 Å². The van der Waals surface area contributed by atoms with E-state index in [1.807, 2.05) is 0 Å². The number of hydrogen-bond acceptors (Lipinski definition) is 2. The number of halogens is 4. The summed E-state index contributed by atoms with van der Waals surface area (Å²) in [6, 6.07) is 5.93. The first-order valence-electron chi connectivity index (χ1n) is 4.57. The Bertz CT molecular complexity index is 539. The van der Waals surface area contributed by atoms with E-state index in [1.54, 1.807) is 12.1 Å². The highest BCUT2D eigenvalue weighted by molar-refractivity contribution is 9.10. The normalized spacial score (nSPS) is 12.8. The molecule has 0 aliphatic carbocycles. The van der Waals surface area contributed by atoms with E-state index in [0.29, 0.717) is 19.2 Å². The molecule has 0 amide bonds. The molecular weight excluding hydrogens is 350 g/mol. The fourth-order valence-electron chi connectivity index (χ4n) is 1.34. The molecule has 1 heterocycles. The van der Waals surface area contributed by atoms with Crippen molar-refractivity contribution < 1.29 is 9.50 Å². The third-order valence-corrected chi connectivity index (χ3v) is 5.03. The summed E-state index contributed by atoms with van der Waals surface area (Å²) in [6.07, 6.45) is -0.907. The molecule has 0 aliphatic rings. The molecule has 1 N–H and O–H groups in total. The Morgan fingerprint density at radius 2 is 2.00 bits per heavy atom. The summed E-state index contributed by atoms with van der Waals surface area (Å²) in [6.45, 7) is 0. The topological polar surface area (TPSA) is 20.2 Å². The molecular formula is C11H6BrCl2FOS. The Morgan fingerprint density at radius 3 is 2.53 bits per heavy atom. The zero-order chi connectivity index (χ0) is 12.6. The molecule has 90 valence electrons. The minimum absolute atomic E-state index is 0.0337. The second-order valence-electron chi connectivity index (χ2n) is 3.35. The monoisotopic (exact) mass is 354 g/mol. The van der Waals surface area contributed by atoms with Gasteiger partial charge in [-0.1, -0.05) is 29.3 Å². The van der Waals surface area contributed by atoms with E-state index in [-0.39, 0.29) is 5.02 Å². The van der Waals surface area contributed by atoms with Crippen LogP contribution in [0.2, 0.25) is 9.36 Å². The van der Waals surface area contributed by atoms with Crippen LogP contribution in [0.3, 0.4) is 0 Å². The van der Waals surface area contributed by atoms with Crippen LogP contribution in [0.4, 0.5) is 4.39 Å². The summed E-state index contributed by atoms with van der Waals surface area (Å²) in [5, 5.41) is 10.1. The molecule has 0 saturated carbocycles. The van der Waals surface area contributed by atoms with Gasteiger partial charge in [-0.2, -0.15) is 0 Å². The Balaban J connectivity index is 2.36. The van der Waals surface area contributed by atoms with Crippen LogP contribution < -0.4 is 0 Å². The zero-order valence-electron chi connectivity index (χ0n) is 8.25. The van der Waals surface area contributed by atoms with Crippen LogP contribution in [-0.4, -0.2) is 5.11 Å². The molecule has 0 saturated heterocycles. The van der Waals surface area contributed by atoms with Crippen molar-refractivity contribution in [2.24, 2.45) is 0 Å². The number of aliphatic hydroxyl groups excluding tert-OH is 1. The quantitative estimate of drug-likeness (QED) is 0.800. The van der Waals surface area contributed by atoms with Gasteiger partial charge in [-0.15, -0.1) is 11.3 Å². The van der Waals surface area contributed by atoms with Gasteiger partial charge in [0, 0.05) is 9.35 Å². The molecule has 0 bridgehead atoms. The van der Waals surface area contributed by atoms with Crippen molar-refractivity contribution in [1.82, 2.24) is 0 Å². The first-order valence-corrected chi connectivity index (χ1v) is 6.93. The molecule has 1 unspecified atom stereocenters. The lowest BCUT2D eigenvalue weighted by molar-refractivity contribution is 0.223. The van der Waals surface area contributed by atoms with Crippen molar-refractivity contribution in [1.29, 1.82) is 0 Å². The highest BCUT2D eigenvalue weighted by Crippen LogP contribution is 2.37. The van der Waals surface area contributed by atoms with Crippen molar-refractivity contribution in [3.05, 3.63) is 54.4 Å². The van der Waals surface area contributed by atoms with E-state index in [1.165, 1.54) is 23.5 Å². The van der Waals surface area contributed by atoms with Crippen LogP contribution >= 0.6 is 50.5 Å². The average Bonchev–Trinajstić information content (AvgIpc) is 2.62. The first kappa shape index (κ1) is 13.3. The predicted molar refractivity (Wildman–Crippen MR) is 72.5 cm³/mol. The van der Waals surface area contributed by atoms with Crippen molar-refractivity contribution >= 4 is 50.5 Å². The van der Waals surface area contributed by atoms with Crippen LogP contribution in [0, 0.1) is 5.82 Å². The molecule has 6 heteroatoms. The summed E-state index contributed by atoms with van der Waals surface area (Å²) in [5.41, 5.74) is 0.442. The van der Waals surface area contributed by atoms with Gasteiger partial charge in [0.15, 0.2) is 0 Å². The summed E-state index contributed by atoms with van der Waals surface area (Å²) >= 11 is 16.0. The van der Waals surface area contributed by atoms with E-state index in [0.717, 1.165) is 0 Å². The average molecular weight is 356 g/mol. The van der Waals surface area contributed by atoms with E-state index in [2.05, 4.69) is 15.9 Å². The van der Waals surface area contributed by atoms with E-state index in [4.69, 9.17) is 23.2 Å². The molecule has 2 rings (SSSR count). The Hall–Kier alpha value is -0.130. The number of benzene rings is 1. The van der Waals surface area contributed by atoms with Crippen molar-refractivity contribution in [2.75, 3.05) is 0 Å². The number of rotatable bonds is 2. The number of thiophene rings is 1. The third kappa shape index (κ3) is 2.83. The highest BCUT2D eigenvalue weighted by Gasteiger charge is 2.16. The summed E-state index contributed by atoms with van der Waals surface area (Å²) < 4.78 is 14.5. The molecule has 17 heavy (non-hydrogen) atoms. The van der Waals surface area contributed by atoms with Gasteiger partial charge < -0.3 is 5.11 Å². The predicted octanol–water partition coefficient (Wildman–Crippen LogP) is 5.04. The molecule has 1 atom stereocenters. The van der Waals surface area contributed by atoms with Crippen molar-refractivity contribution in [3.63, 3.8) is 0 Å². The van der Waals surface area contributed by atoms with Gasteiger partial charge >= 0.3 is 0 Å².